The maximum Gasteiger partial charge on any atom is 0.326 e. The number of hydrogen-bond donors (Lipinski definition) is 1. The molecular weight excluding hydrogens is 274 g/mol. The molecule has 1 N–H and O–H groups in total. The Morgan fingerprint density at radius 3 is 2.65 bits per heavy atom. The number of hydrogen-bond acceptors (Lipinski definition) is 2. The van der Waals surface area contributed by atoms with Gasteiger partial charge in [0.1, 0.15) is 0 Å². The molecule has 0 radical (unpaired) electrons. The van der Waals surface area contributed by atoms with Gasteiger partial charge in [-0.25, -0.2) is 4.79 Å². The number of rotatable bonds is 2. The predicted octanol–water partition coefficient (Wildman–Crippen LogP) is 3.03. The molecule has 0 atom stereocenters. The molecule has 1 fully saturated rings. The first-order chi connectivity index (χ1) is 9.56. The minimum atomic E-state index is -0.0229. The third-order valence-electron chi connectivity index (χ3n) is 4.27. The number of H-pyrrole nitrogens is 1. The highest BCUT2D eigenvalue weighted by molar-refractivity contribution is 6.31. The minimum Gasteiger partial charge on any atom is -0.305 e. The van der Waals surface area contributed by atoms with E-state index in [1.54, 1.807) is 0 Å². The molecule has 1 aromatic carbocycles. The zero-order valence-electron chi connectivity index (χ0n) is 11.9. The molecule has 5 heteroatoms. The monoisotopic (exact) mass is 293 g/mol. The van der Waals surface area contributed by atoms with Crippen molar-refractivity contribution in [2.24, 2.45) is 0 Å². The summed E-state index contributed by atoms with van der Waals surface area (Å²) in [5, 5.41) is 0.653. The van der Waals surface area contributed by atoms with Crippen LogP contribution < -0.4 is 5.69 Å². The van der Waals surface area contributed by atoms with Crippen LogP contribution >= 0.6 is 11.6 Å². The number of aromatic nitrogens is 2. The maximum atomic E-state index is 12.2. The fourth-order valence-corrected chi connectivity index (χ4v) is 3.30. The highest BCUT2D eigenvalue weighted by atomic mass is 35.5. The van der Waals surface area contributed by atoms with E-state index in [2.05, 4.69) is 23.7 Å². The topological polar surface area (TPSA) is 41.0 Å². The van der Waals surface area contributed by atoms with E-state index in [1.165, 1.54) is 0 Å². The molecule has 1 saturated heterocycles. The number of nitrogens with zero attached hydrogens (tertiary/aromatic N) is 2. The van der Waals surface area contributed by atoms with E-state index in [4.69, 9.17) is 11.6 Å². The van der Waals surface area contributed by atoms with Gasteiger partial charge in [0, 0.05) is 30.2 Å². The van der Waals surface area contributed by atoms with Crippen LogP contribution in [0.2, 0.25) is 5.02 Å². The summed E-state index contributed by atoms with van der Waals surface area (Å²) in [6.07, 6.45) is 2.04. The molecule has 20 heavy (non-hydrogen) atoms. The highest BCUT2D eigenvalue weighted by Crippen LogP contribution is 2.26. The maximum absolute atomic E-state index is 12.2. The summed E-state index contributed by atoms with van der Waals surface area (Å²) < 4.78 is 1.91. The Labute approximate surface area is 123 Å². The van der Waals surface area contributed by atoms with E-state index in [9.17, 15) is 4.79 Å². The molecule has 0 spiro atoms. The van der Waals surface area contributed by atoms with Crippen LogP contribution in [0.25, 0.3) is 11.0 Å². The second-order valence-corrected chi connectivity index (χ2v) is 6.26. The minimum absolute atomic E-state index is 0.0229. The van der Waals surface area contributed by atoms with Gasteiger partial charge in [-0.1, -0.05) is 11.6 Å². The largest absolute Gasteiger partial charge is 0.326 e. The van der Waals surface area contributed by atoms with Gasteiger partial charge >= 0.3 is 5.69 Å². The molecule has 108 valence electrons. The van der Waals surface area contributed by atoms with Gasteiger partial charge in [0.05, 0.1) is 11.0 Å². The zero-order valence-corrected chi connectivity index (χ0v) is 12.7. The van der Waals surface area contributed by atoms with Crippen molar-refractivity contribution in [2.45, 2.75) is 38.8 Å². The van der Waals surface area contributed by atoms with Crippen molar-refractivity contribution >= 4 is 22.6 Å². The molecule has 0 amide bonds. The fourth-order valence-electron chi connectivity index (χ4n) is 3.13. The normalized spacial score (nSPS) is 18.2. The summed E-state index contributed by atoms with van der Waals surface area (Å²) in [4.78, 5) is 17.6. The molecule has 1 aliphatic heterocycles. The first-order valence-electron chi connectivity index (χ1n) is 7.20. The highest BCUT2D eigenvalue weighted by Gasteiger charge is 2.24. The van der Waals surface area contributed by atoms with E-state index in [1.807, 2.05) is 22.8 Å². The van der Waals surface area contributed by atoms with Gasteiger partial charge in [-0.05, 0) is 44.9 Å². The SMILES string of the molecule is CC(C)N1CCC(n2c(=O)[nH]c3cc(Cl)ccc32)CC1. The Bertz CT molecular complexity index is 665. The van der Waals surface area contributed by atoms with Gasteiger partial charge in [0.15, 0.2) is 0 Å². The summed E-state index contributed by atoms with van der Waals surface area (Å²) in [7, 11) is 0. The first kappa shape index (κ1) is 13.7. The predicted molar refractivity (Wildman–Crippen MR) is 82.5 cm³/mol. The zero-order chi connectivity index (χ0) is 14.3. The van der Waals surface area contributed by atoms with Gasteiger partial charge in [0.2, 0.25) is 0 Å². The molecule has 1 aromatic heterocycles. The van der Waals surface area contributed by atoms with Crippen molar-refractivity contribution in [1.82, 2.24) is 14.5 Å². The molecule has 2 aromatic rings. The smallest absolute Gasteiger partial charge is 0.305 e. The Hall–Kier alpha value is -1.26. The molecular formula is C15H20ClN3O. The van der Waals surface area contributed by atoms with Crippen LogP contribution in [-0.4, -0.2) is 33.6 Å². The molecule has 0 aliphatic carbocycles. The Balaban J connectivity index is 1.92. The van der Waals surface area contributed by atoms with E-state index >= 15 is 0 Å². The number of aromatic amines is 1. The van der Waals surface area contributed by atoms with E-state index in [0.29, 0.717) is 11.1 Å². The van der Waals surface area contributed by atoms with Crippen LogP contribution in [0.5, 0.6) is 0 Å². The standard InChI is InChI=1S/C15H20ClN3O/c1-10(2)18-7-5-12(6-8-18)19-14-4-3-11(16)9-13(14)17-15(19)20/h3-4,9-10,12H,5-8H2,1-2H3,(H,17,20). The van der Waals surface area contributed by atoms with Crippen LogP contribution in [-0.2, 0) is 0 Å². The van der Waals surface area contributed by atoms with Crippen molar-refractivity contribution in [3.05, 3.63) is 33.7 Å². The lowest BCUT2D eigenvalue weighted by molar-refractivity contribution is 0.152. The summed E-state index contributed by atoms with van der Waals surface area (Å²) in [6, 6.07) is 6.46. The van der Waals surface area contributed by atoms with Gasteiger partial charge in [-0.15, -0.1) is 0 Å². The average Bonchev–Trinajstić information content (AvgIpc) is 2.73. The Morgan fingerprint density at radius 1 is 1.30 bits per heavy atom. The van der Waals surface area contributed by atoms with Gasteiger partial charge < -0.3 is 9.88 Å². The van der Waals surface area contributed by atoms with Crippen LogP contribution in [0.1, 0.15) is 32.7 Å². The first-order valence-corrected chi connectivity index (χ1v) is 7.58. The second kappa shape index (κ2) is 5.26. The number of piperidine rings is 1. The van der Waals surface area contributed by atoms with Crippen LogP contribution in [0.4, 0.5) is 0 Å². The molecule has 0 unspecified atom stereocenters. The lowest BCUT2D eigenvalue weighted by Crippen LogP contribution is -2.40. The third-order valence-corrected chi connectivity index (χ3v) is 4.51. The number of halogens is 1. The van der Waals surface area contributed by atoms with Gasteiger partial charge in [-0.2, -0.15) is 0 Å². The molecule has 4 nitrogen and oxygen atoms in total. The van der Waals surface area contributed by atoms with Crippen molar-refractivity contribution < 1.29 is 0 Å². The number of likely N-dealkylation sites (tertiary alicyclic amines) is 1. The van der Waals surface area contributed by atoms with Crippen LogP contribution in [0.3, 0.4) is 0 Å². The quantitative estimate of drug-likeness (QED) is 0.925. The molecule has 0 bridgehead atoms. The lowest BCUT2D eigenvalue weighted by atomic mass is 10.0. The summed E-state index contributed by atoms with van der Waals surface area (Å²) in [5.74, 6) is 0. The van der Waals surface area contributed by atoms with Crippen molar-refractivity contribution in [2.75, 3.05) is 13.1 Å². The van der Waals surface area contributed by atoms with Crippen molar-refractivity contribution in [3.8, 4) is 0 Å². The Kier molecular flexibility index (Phi) is 3.61. The molecule has 2 heterocycles. The van der Waals surface area contributed by atoms with E-state index in [-0.39, 0.29) is 11.7 Å². The Morgan fingerprint density at radius 2 is 2.00 bits per heavy atom. The average molecular weight is 294 g/mol. The number of nitrogens with one attached hydrogen (secondary N) is 1. The lowest BCUT2D eigenvalue weighted by Gasteiger charge is -2.35. The second-order valence-electron chi connectivity index (χ2n) is 5.82. The van der Waals surface area contributed by atoms with Gasteiger partial charge in [0.25, 0.3) is 0 Å². The van der Waals surface area contributed by atoms with Gasteiger partial charge in [-0.3, -0.25) is 4.57 Å². The third kappa shape index (κ3) is 2.38. The summed E-state index contributed by atoms with van der Waals surface area (Å²) in [5.41, 5.74) is 1.77. The van der Waals surface area contributed by atoms with Crippen LogP contribution in [0, 0.1) is 0 Å². The molecule has 1 aliphatic rings. The van der Waals surface area contributed by atoms with Crippen LogP contribution in [0.15, 0.2) is 23.0 Å². The van der Waals surface area contributed by atoms with E-state index in [0.717, 1.165) is 37.0 Å². The number of fused-ring (bicyclic) bond motifs is 1. The van der Waals surface area contributed by atoms with Crippen molar-refractivity contribution in [1.29, 1.82) is 0 Å². The number of imidazole rings is 1. The molecule has 0 saturated carbocycles. The van der Waals surface area contributed by atoms with Crippen molar-refractivity contribution in [3.63, 3.8) is 0 Å². The number of benzene rings is 1. The molecule has 3 rings (SSSR count). The summed E-state index contributed by atoms with van der Waals surface area (Å²) >= 11 is 5.98. The fraction of sp³-hybridized carbons (Fsp3) is 0.533. The van der Waals surface area contributed by atoms with E-state index < -0.39 is 0 Å². The summed E-state index contributed by atoms with van der Waals surface area (Å²) in [6.45, 7) is 6.55.